The molecule has 0 spiro atoms. The molecule has 0 rings (SSSR count). The van der Waals surface area contributed by atoms with Crippen LogP contribution in [0.15, 0.2) is 0 Å². The quantitative estimate of drug-likeness (QED) is 0.0323. The standard InChI is InChI=1S/C59H116O14/c1-11-21-29-46-64-56(65-47-30-22-12-2,66-48-31-23-13-3)42-38-44-58(62-19-9,70-52-35-27-17-7)72-54(60)40-37-41-55(61)73-59(63-20-10,71-53-36-28-18-8)45-39-43-57(67-49-32-24-14-4,68-50-33-25-15-5)69-51-34-26-16-6/h11-53H2,1-10H3. The van der Waals surface area contributed by atoms with E-state index in [1.807, 2.05) is 13.8 Å². The summed E-state index contributed by atoms with van der Waals surface area (Å²) in [5.74, 6) is -6.81. The van der Waals surface area contributed by atoms with Gasteiger partial charge in [-0.1, -0.05) is 158 Å². The van der Waals surface area contributed by atoms with Gasteiger partial charge in [0, 0.05) is 38.5 Å². The maximum atomic E-state index is 13.8. The van der Waals surface area contributed by atoms with Gasteiger partial charge in [0.25, 0.3) is 11.9 Å². The average molecular weight is 1050 g/mol. The van der Waals surface area contributed by atoms with Crippen LogP contribution in [0.2, 0.25) is 0 Å². The van der Waals surface area contributed by atoms with Crippen molar-refractivity contribution in [3.8, 4) is 0 Å². The molecule has 0 saturated heterocycles. The lowest BCUT2D eigenvalue weighted by Gasteiger charge is -2.36. The van der Waals surface area contributed by atoms with Gasteiger partial charge in [-0.25, -0.2) is 0 Å². The summed E-state index contributed by atoms with van der Waals surface area (Å²) in [4.78, 5) is 27.7. The minimum Gasteiger partial charge on any atom is -0.408 e. The molecule has 436 valence electrons. The molecule has 0 aliphatic heterocycles. The fourth-order valence-corrected chi connectivity index (χ4v) is 8.22. The van der Waals surface area contributed by atoms with Gasteiger partial charge in [-0.3, -0.25) is 9.59 Å². The number of hydrogen-bond acceptors (Lipinski definition) is 14. The molecule has 0 aliphatic carbocycles. The summed E-state index contributed by atoms with van der Waals surface area (Å²) in [5.41, 5.74) is 0. The van der Waals surface area contributed by atoms with Crippen LogP contribution >= 0.6 is 0 Å². The maximum absolute atomic E-state index is 13.8. The van der Waals surface area contributed by atoms with Crippen LogP contribution < -0.4 is 0 Å². The first-order valence-corrected chi connectivity index (χ1v) is 30.3. The van der Waals surface area contributed by atoms with Crippen LogP contribution in [0.5, 0.6) is 0 Å². The molecular weight excluding hydrogens is 933 g/mol. The van der Waals surface area contributed by atoms with E-state index in [-0.39, 0.29) is 45.3 Å². The van der Waals surface area contributed by atoms with Crippen LogP contribution in [0.3, 0.4) is 0 Å². The van der Waals surface area contributed by atoms with Crippen molar-refractivity contribution in [1.82, 2.24) is 0 Å². The van der Waals surface area contributed by atoms with Crippen LogP contribution in [-0.4, -0.2) is 102 Å². The van der Waals surface area contributed by atoms with Crippen molar-refractivity contribution in [3.05, 3.63) is 0 Å². The molecule has 0 saturated carbocycles. The third-order valence-corrected chi connectivity index (χ3v) is 12.5. The Kier molecular flexibility index (Phi) is 47.9. The van der Waals surface area contributed by atoms with Crippen LogP contribution in [0.4, 0.5) is 0 Å². The predicted octanol–water partition coefficient (Wildman–Crippen LogP) is 15.9. The van der Waals surface area contributed by atoms with Crippen molar-refractivity contribution >= 4 is 11.9 Å². The molecule has 0 aromatic heterocycles. The normalized spacial score (nSPS) is 13.8. The van der Waals surface area contributed by atoms with E-state index in [1.165, 1.54) is 0 Å². The summed E-state index contributed by atoms with van der Waals surface area (Å²) in [5, 5.41) is 0. The summed E-state index contributed by atoms with van der Waals surface area (Å²) >= 11 is 0. The topological polar surface area (TPSA) is 145 Å². The van der Waals surface area contributed by atoms with E-state index < -0.39 is 35.8 Å². The number of ether oxygens (including phenoxy) is 12. The highest BCUT2D eigenvalue weighted by molar-refractivity contribution is 5.72. The van der Waals surface area contributed by atoms with Gasteiger partial charge < -0.3 is 56.8 Å². The second-order valence-corrected chi connectivity index (χ2v) is 19.6. The van der Waals surface area contributed by atoms with Gasteiger partial charge in [-0.05, 0) is 84.5 Å². The largest absolute Gasteiger partial charge is 0.408 e. The molecule has 0 aliphatic rings. The first-order valence-electron chi connectivity index (χ1n) is 30.3. The zero-order valence-electron chi connectivity index (χ0n) is 49.1. The van der Waals surface area contributed by atoms with E-state index in [9.17, 15) is 9.59 Å². The zero-order valence-corrected chi connectivity index (χ0v) is 49.1. The molecule has 14 heteroatoms. The van der Waals surface area contributed by atoms with Gasteiger partial charge in [0.1, 0.15) is 0 Å². The Morgan fingerprint density at radius 2 is 0.452 bits per heavy atom. The summed E-state index contributed by atoms with van der Waals surface area (Å²) in [6.07, 6.45) is 26.0. The number of hydrogen-bond donors (Lipinski definition) is 0. The van der Waals surface area contributed by atoms with Gasteiger partial charge in [-0.2, -0.15) is 0 Å². The van der Waals surface area contributed by atoms with Gasteiger partial charge >= 0.3 is 23.9 Å². The third-order valence-electron chi connectivity index (χ3n) is 12.5. The molecule has 73 heavy (non-hydrogen) atoms. The summed E-state index contributed by atoms with van der Waals surface area (Å²) in [6.45, 7) is 25.3. The van der Waals surface area contributed by atoms with Crippen molar-refractivity contribution in [2.45, 2.75) is 305 Å². The Balaban J connectivity index is 6.38. The lowest BCUT2D eigenvalue weighted by molar-refractivity contribution is -0.391. The molecule has 0 radical (unpaired) electrons. The molecule has 0 aromatic carbocycles. The SMILES string of the molecule is CCCCCOC(CCCC(OCC)(OCCCCC)OC(=O)CCCC(=O)OC(CCCC(OCCCCC)(OCCCCC)OCCCCC)(OCC)OCCCCC)(OCCCCC)OCCCCC. The molecule has 0 bridgehead atoms. The Hall–Kier alpha value is -1.46. The smallest absolute Gasteiger partial charge is 0.329 e. The van der Waals surface area contributed by atoms with Crippen molar-refractivity contribution in [1.29, 1.82) is 0 Å². The van der Waals surface area contributed by atoms with Crippen molar-refractivity contribution in [3.63, 3.8) is 0 Å². The van der Waals surface area contributed by atoms with E-state index in [0.717, 1.165) is 154 Å². The Morgan fingerprint density at radius 3 is 0.658 bits per heavy atom. The first kappa shape index (κ1) is 71.5. The summed E-state index contributed by atoms with van der Waals surface area (Å²) in [6, 6.07) is 0. The monoisotopic (exact) mass is 1050 g/mol. The van der Waals surface area contributed by atoms with Gasteiger partial charge in [0.15, 0.2) is 0 Å². The molecule has 0 heterocycles. The number of rotatable bonds is 58. The Morgan fingerprint density at radius 1 is 0.247 bits per heavy atom. The minimum atomic E-state index is -1.64. The molecule has 0 aromatic rings. The predicted molar refractivity (Wildman–Crippen MR) is 292 cm³/mol. The number of unbranched alkanes of at least 4 members (excludes halogenated alkanes) is 16. The second kappa shape index (κ2) is 48.9. The fourth-order valence-electron chi connectivity index (χ4n) is 8.22. The van der Waals surface area contributed by atoms with E-state index >= 15 is 0 Å². The summed E-state index contributed by atoms with van der Waals surface area (Å²) < 4.78 is 76.6. The van der Waals surface area contributed by atoms with Gasteiger partial charge in [-0.15, -0.1) is 0 Å². The van der Waals surface area contributed by atoms with E-state index in [4.69, 9.17) is 56.8 Å². The van der Waals surface area contributed by atoms with Crippen molar-refractivity contribution < 1.29 is 66.4 Å². The van der Waals surface area contributed by atoms with E-state index in [2.05, 4.69) is 55.4 Å². The Bertz CT molecular complexity index is 1070. The zero-order chi connectivity index (χ0) is 54.0. The molecule has 0 fully saturated rings. The van der Waals surface area contributed by atoms with Crippen LogP contribution in [0, 0.1) is 0 Å². The molecule has 2 atom stereocenters. The van der Waals surface area contributed by atoms with Crippen LogP contribution in [0.25, 0.3) is 0 Å². The highest BCUT2D eigenvalue weighted by atomic mass is 16.9. The van der Waals surface area contributed by atoms with E-state index in [0.29, 0.717) is 78.5 Å². The number of carbonyl (C=O) groups excluding carboxylic acids is 2. The van der Waals surface area contributed by atoms with Crippen LogP contribution in [0.1, 0.15) is 281 Å². The summed E-state index contributed by atoms with van der Waals surface area (Å²) in [7, 11) is 0. The average Bonchev–Trinajstić information content (AvgIpc) is 3.37. The van der Waals surface area contributed by atoms with Crippen LogP contribution in [-0.2, 0) is 66.4 Å². The van der Waals surface area contributed by atoms with Gasteiger partial charge in [0.2, 0.25) is 0 Å². The second-order valence-electron chi connectivity index (χ2n) is 19.6. The van der Waals surface area contributed by atoms with Crippen molar-refractivity contribution in [2.24, 2.45) is 0 Å². The molecule has 2 unspecified atom stereocenters. The fraction of sp³-hybridized carbons (Fsp3) is 0.966. The van der Waals surface area contributed by atoms with Gasteiger partial charge in [0.05, 0.1) is 66.1 Å². The first-order chi connectivity index (χ1) is 35.5. The maximum Gasteiger partial charge on any atom is 0.329 e. The molecule has 0 amide bonds. The third kappa shape index (κ3) is 37.1. The number of carbonyl (C=O) groups is 2. The van der Waals surface area contributed by atoms with E-state index in [1.54, 1.807) is 0 Å². The highest BCUT2D eigenvalue weighted by Crippen LogP contribution is 2.33. The Labute approximate surface area is 448 Å². The molecule has 14 nitrogen and oxygen atoms in total. The molecule has 0 N–H and O–H groups in total. The minimum absolute atomic E-state index is 0.0601. The lowest BCUT2D eigenvalue weighted by atomic mass is 10.1. The number of esters is 2. The lowest BCUT2D eigenvalue weighted by Crippen LogP contribution is -2.44. The highest BCUT2D eigenvalue weighted by Gasteiger charge is 2.42. The van der Waals surface area contributed by atoms with Crippen molar-refractivity contribution in [2.75, 3.05) is 66.1 Å². The molecular formula is C59H116O14.